The maximum Gasteiger partial charge on any atom is 0.335 e. The SMILES string of the molecule is O=C(O)c1cccc(NN=Cc2ccc(Br)cc2)c1. The van der Waals surface area contributed by atoms with Crippen molar-refractivity contribution in [1.82, 2.24) is 0 Å². The zero-order valence-electron chi connectivity index (χ0n) is 9.88. The van der Waals surface area contributed by atoms with Gasteiger partial charge in [-0.25, -0.2) is 4.79 Å². The number of aromatic carboxylic acids is 1. The summed E-state index contributed by atoms with van der Waals surface area (Å²) in [6.07, 6.45) is 1.67. The summed E-state index contributed by atoms with van der Waals surface area (Å²) in [5.41, 5.74) is 4.60. The minimum absolute atomic E-state index is 0.226. The third kappa shape index (κ3) is 3.93. The molecule has 19 heavy (non-hydrogen) atoms. The highest BCUT2D eigenvalue weighted by molar-refractivity contribution is 9.10. The number of halogens is 1. The Labute approximate surface area is 118 Å². The molecule has 2 rings (SSSR count). The summed E-state index contributed by atoms with van der Waals surface area (Å²) >= 11 is 3.36. The van der Waals surface area contributed by atoms with E-state index in [0.29, 0.717) is 5.69 Å². The van der Waals surface area contributed by atoms with Crippen LogP contribution >= 0.6 is 15.9 Å². The van der Waals surface area contributed by atoms with Crippen LogP contribution in [0.4, 0.5) is 5.69 Å². The third-order valence-corrected chi connectivity index (χ3v) is 2.92. The van der Waals surface area contributed by atoms with Crippen molar-refractivity contribution in [1.29, 1.82) is 0 Å². The molecule has 5 heteroatoms. The number of hydrogen-bond donors (Lipinski definition) is 2. The van der Waals surface area contributed by atoms with E-state index in [4.69, 9.17) is 5.11 Å². The van der Waals surface area contributed by atoms with E-state index in [9.17, 15) is 4.79 Å². The third-order valence-electron chi connectivity index (χ3n) is 2.39. The molecule has 0 atom stereocenters. The lowest BCUT2D eigenvalue weighted by atomic mass is 10.2. The minimum Gasteiger partial charge on any atom is -0.478 e. The summed E-state index contributed by atoms with van der Waals surface area (Å²) in [7, 11) is 0. The van der Waals surface area contributed by atoms with E-state index in [2.05, 4.69) is 26.5 Å². The van der Waals surface area contributed by atoms with Crippen LogP contribution in [0.3, 0.4) is 0 Å². The molecule has 2 aromatic rings. The second-order valence-electron chi connectivity index (χ2n) is 3.81. The van der Waals surface area contributed by atoms with Crippen LogP contribution in [-0.2, 0) is 0 Å². The van der Waals surface area contributed by atoms with Crippen molar-refractivity contribution in [2.75, 3.05) is 5.43 Å². The molecule has 0 bridgehead atoms. The second-order valence-corrected chi connectivity index (χ2v) is 4.72. The summed E-state index contributed by atoms with van der Waals surface area (Å²) in [6, 6.07) is 14.2. The molecule has 96 valence electrons. The molecule has 0 heterocycles. The van der Waals surface area contributed by atoms with Gasteiger partial charge in [0.05, 0.1) is 17.5 Å². The van der Waals surface area contributed by atoms with E-state index in [0.717, 1.165) is 10.0 Å². The molecule has 0 aliphatic carbocycles. The number of carboxylic acid groups (broad SMARTS) is 1. The van der Waals surface area contributed by atoms with Gasteiger partial charge in [0.15, 0.2) is 0 Å². The molecule has 0 fully saturated rings. The van der Waals surface area contributed by atoms with Crippen LogP contribution in [-0.4, -0.2) is 17.3 Å². The van der Waals surface area contributed by atoms with Crippen LogP contribution in [0, 0.1) is 0 Å². The van der Waals surface area contributed by atoms with E-state index < -0.39 is 5.97 Å². The molecule has 2 N–H and O–H groups in total. The van der Waals surface area contributed by atoms with Crippen molar-refractivity contribution in [2.45, 2.75) is 0 Å². The Balaban J connectivity index is 2.04. The molecule has 0 spiro atoms. The van der Waals surface area contributed by atoms with Crippen LogP contribution in [0.25, 0.3) is 0 Å². The minimum atomic E-state index is -0.958. The van der Waals surface area contributed by atoms with Crippen LogP contribution in [0.15, 0.2) is 58.1 Å². The fourth-order valence-corrected chi connectivity index (χ4v) is 1.72. The molecule has 0 unspecified atom stereocenters. The van der Waals surface area contributed by atoms with Gasteiger partial charge in [0.2, 0.25) is 0 Å². The van der Waals surface area contributed by atoms with E-state index in [1.165, 1.54) is 12.1 Å². The average Bonchev–Trinajstić information content (AvgIpc) is 2.41. The number of hydrogen-bond acceptors (Lipinski definition) is 3. The van der Waals surface area contributed by atoms with Gasteiger partial charge in [-0.3, -0.25) is 5.43 Å². The van der Waals surface area contributed by atoms with Gasteiger partial charge in [-0.15, -0.1) is 0 Å². The average molecular weight is 319 g/mol. The highest BCUT2D eigenvalue weighted by Gasteiger charge is 2.01. The summed E-state index contributed by atoms with van der Waals surface area (Å²) in [5.74, 6) is -0.958. The zero-order chi connectivity index (χ0) is 13.7. The Morgan fingerprint density at radius 2 is 1.95 bits per heavy atom. The fraction of sp³-hybridized carbons (Fsp3) is 0. The van der Waals surface area contributed by atoms with Crippen LogP contribution in [0.5, 0.6) is 0 Å². The molecule has 0 saturated carbocycles. The van der Waals surface area contributed by atoms with Crippen molar-refractivity contribution in [3.63, 3.8) is 0 Å². The zero-order valence-corrected chi connectivity index (χ0v) is 11.5. The summed E-state index contributed by atoms with van der Waals surface area (Å²) in [4.78, 5) is 10.8. The maximum atomic E-state index is 10.8. The Bertz CT molecular complexity index is 609. The number of benzene rings is 2. The second kappa shape index (κ2) is 6.15. The van der Waals surface area contributed by atoms with Gasteiger partial charge >= 0.3 is 5.97 Å². The lowest BCUT2D eigenvalue weighted by Crippen LogP contribution is -1.97. The number of hydrazone groups is 1. The number of nitrogens with zero attached hydrogens (tertiary/aromatic N) is 1. The first-order valence-electron chi connectivity index (χ1n) is 5.53. The van der Waals surface area contributed by atoms with Gasteiger partial charge in [-0.2, -0.15) is 5.10 Å². The molecule has 2 aromatic carbocycles. The number of carbonyl (C=O) groups is 1. The van der Waals surface area contributed by atoms with E-state index >= 15 is 0 Å². The summed E-state index contributed by atoms with van der Waals surface area (Å²) in [5, 5.41) is 12.9. The quantitative estimate of drug-likeness (QED) is 0.669. The maximum absolute atomic E-state index is 10.8. The van der Waals surface area contributed by atoms with Crippen molar-refractivity contribution < 1.29 is 9.90 Å². The first-order valence-corrected chi connectivity index (χ1v) is 6.32. The molecule has 0 saturated heterocycles. The van der Waals surface area contributed by atoms with Gasteiger partial charge in [-0.1, -0.05) is 34.1 Å². The smallest absolute Gasteiger partial charge is 0.335 e. The first-order chi connectivity index (χ1) is 9.15. The van der Waals surface area contributed by atoms with Gasteiger partial charge in [0.25, 0.3) is 0 Å². The van der Waals surface area contributed by atoms with Crippen LogP contribution < -0.4 is 5.43 Å². The summed E-state index contributed by atoms with van der Waals surface area (Å²) in [6.45, 7) is 0. The van der Waals surface area contributed by atoms with Crippen molar-refractivity contribution in [3.8, 4) is 0 Å². The Kier molecular flexibility index (Phi) is 4.30. The fourth-order valence-electron chi connectivity index (χ4n) is 1.45. The lowest BCUT2D eigenvalue weighted by molar-refractivity contribution is 0.0697. The van der Waals surface area contributed by atoms with Gasteiger partial charge in [0, 0.05) is 4.47 Å². The largest absolute Gasteiger partial charge is 0.478 e. The topological polar surface area (TPSA) is 61.7 Å². The molecular weight excluding hydrogens is 308 g/mol. The molecule has 0 aliphatic rings. The Hall–Kier alpha value is -2.14. The van der Waals surface area contributed by atoms with Gasteiger partial charge < -0.3 is 5.11 Å². The number of anilines is 1. The summed E-state index contributed by atoms with van der Waals surface area (Å²) < 4.78 is 1.01. The monoisotopic (exact) mass is 318 g/mol. The predicted octanol–water partition coefficient (Wildman–Crippen LogP) is 3.59. The van der Waals surface area contributed by atoms with Crippen LogP contribution in [0.1, 0.15) is 15.9 Å². The molecule has 0 amide bonds. The van der Waals surface area contributed by atoms with E-state index in [1.54, 1.807) is 18.3 Å². The Morgan fingerprint density at radius 1 is 1.21 bits per heavy atom. The van der Waals surface area contributed by atoms with Crippen molar-refractivity contribution in [3.05, 3.63) is 64.1 Å². The Morgan fingerprint density at radius 3 is 2.63 bits per heavy atom. The normalized spacial score (nSPS) is 10.6. The van der Waals surface area contributed by atoms with Crippen LogP contribution in [0.2, 0.25) is 0 Å². The molecule has 4 nitrogen and oxygen atoms in total. The number of carboxylic acids is 1. The predicted molar refractivity (Wildman–Crippen MR) is 78.8 cm³/mol. The highest BCUT2D eigenvalue weighted by atomic mass is 79.9. The number of rotatable bonds is 4. The lowest BCUT2D eigenvalue weighted by Gasteiger charge is -2.01. The number of nitrogens with one attached hydrogen (secondary N) is 1. The van der Waals surface area contributed by atoms with Crippen molar-refractivity contribution in [2.24, 2.45) is 5.10 Å². The van der Waals surface area contributed by atoms with E-state index in [1.807, 2.05) is 24.3 Å². The van der Waals surface area contributed by atoms with Crippen molar-refractivity contribution >= 4 is 33.8 Å². The van der Waals surface area contributed by atoms with Gasteiger partial charge in [0.1, 0.15) is 0 Å². The molecular formula is C14H11BrN2O2. The first kappa shape index (κ1) is 13.3. The highest BCUT2D eigenvalue weighted by Crippen LogP contribution is 2.11. The molecule has 0 aliphatic heterocycles. The standard InChI is InChI=1S/C14H11BrN2O2/c15-12-6-4-10(5-7-12)9-16-17-13-3-1-2-11(8-13)14(18)19/h1-9,17H,(H,18,19). The van der Waals surface area contributed by atoms with Gasteiger partial charge in [-0.05, 0) is 35.9 Å². The van der Waals surface area contributed by atoms with E-state index in [-0.39, 0.29) is 5.56 Å². The molecule has 0 radical (unpaired) electrons. The molecule has 0 aromatic heterocycles.